The normalized spacial score (nSPS) is 41.2. The summed E-state index contributed by atoms with van der Waals surface area (Å²) in [6.45, 7) is 0.969. The third-order valence-corrected chi connectivity index (χ3v) is 8.13. The summed E-state index contributed by atoms with van der Waals surface area (Å²) in [5, 5.41) is 3.38. The number of nitrogens with zero attached hydrogens (tertiary/aromatic N) is 1. The number of carbonyl (C=O) groups is 1. The van der Waals surface area contributed by atoms with E-state index in [1.165, 1.54) is 42.7 Å². The van der Waals surface area contributed by atoms with Crippen molar-refractivity contribution in [1.29, 1.82) is 0 Å². The van der Waals surface area contributed by atoms with Crippen molar-refractivity contribution in [3.8, 4) is 0 Å². The highest BCUT2D eigenvalue weighted by Crippen LogP contribution is 2.53. The Morgan fingerprint density at radius 2 is 1.48 bits per heavy atom. The summed E-state index contributed by atoms with van der Waals surface area (Å²) in [5.74, 6) is 3.41. The number of amides is 1. The molecular weight excluding hydrogens is 312 g/mol. The first-order valence-corrected chi connectivity index (χ1v) is 11.0. The van der Waals surface area contributed by atoms with E-state index in [-0.39, 0.29) is 11.8 Å². The minimum Gasteiger partial charge on any atom is -0.353 e. The van der Waals surface area contributed by atoms with Gasteiger partial charge in [-0.25, -0.2) is 12.7 Å². The Morgan fingerprint density at radius 3 is 1.96 bits per heavy atom. The Morgan fingerprint density at radius 1 is 0.957 bits per heavy atom. The summed E-state index contributed by atoms with van der Waals surface area (Å²) < 4.78 is 24.6. The lowest BCUT2D eigenvalue weighted by Crippen LogP contribution is -2.57. The van der Waals surface area contributed by atoms with E-state index in [1.807, 2.05) is 0 Å². The number of nitrogens with one attached hydrogen (secondary N) is 1. The van der Waals surface area contributed by atoms with E-state index in [4.69, 9.17) is 0 Å². The molecule has 0 spiro atoms. The molecule has 1 amide bonds. The second-order valence-electron chi connectivity index (χ2n) is 8.40. The summed E-state index contributed by atoms with van der Waals surface area (Å²) in [5.41, 5.74) is 0. The fourth-order valence-electron chi connectivity index (χ4n) is 5.89. The predicted octanol–water partition coefficient (Wildman–Crippen LogP) is 1.60. The maximum atomic E-state index is 12.7. The summed E-state index contributed by atoms with van der Waals surface area (Å²) in [6.07, 6.45) is 9.24. The van der Waals surface area contributed by atoms with Crippen LogP contribution in [0.5, 0.6) is 0 Å². The van der Waals surface area contributed by atoms with Crippen LogP contribution in [0.4, 0.5) is 0 Å². The van der Waals surface area contributed by atoms with Crippen molar-refractivity contribution in [2.45, 2.75) is 51.0 Å². The number of carbonyl (C=O) groups excluding carboxylic acids is 1. The van der Waals surface area contributed by atoms with Crippen LogP contribution in [0.2, 0.25) is 0 Å². The third kappa shape index (κ3) is 3.04. The lowest BCUT2D eigenvalue weighted by Gasteiger charge is -2.54. The van der Waals surface area contributed by atoms with Gasteiger partial charge in [0.05, 0.1) is 6.26 Å². The van der Waals surface area contributed by atoms with E-state index in [1.54, 1.807) is 0 Å². The van der Waals surface area contributed by atoms with Crippen LogP contribution >= 0.6 is 0 Å². The Labute approximate surface area is 139 Å². The number of hydrogen-bond acceptors (Lipinski definition) is 3. The van der Waals surface area contributed by atoms with Crippen LogP contribution in [-0.4, -0.2) is 44.0 Å². The molecule has 5 rings (SSSR count). The van der Waals surface area contributed by atoms with Crippen molar-refractivity contribution in [1.82, 2.24) is 9.62 Å². The number of sulfonamides is 1. The summed E-state index contributed by atoms with van der Waals surface area (Å²) in [6, 6.07) is 0.392. The average molecular weight is 340 g/mol. The van der Waals surface area contributed by atoms with Crippen molar-refractivity contribution in [2.75, 3.05) is 19.3 Å². The van der Waals surface area contributed by atoms with Crippen molar-refractivity contribution in [2.24, 2.45) is 29.6 Å². The topological polar surface area (TPSA) is 66.5 Å². The Hall–Kier alpha value is -0.620. The van der Waals surface area contributed by atoms with Gasteiger partial charge in [-0.3, -0.25) is 4.79 Å². The second kappa shape index (κ2) is 5.73. The van der Waals surface area contributed by atoms with Gasteiger partial charge in [0.2, 0.25) is 15.9 Å². The molecule has 5 nitrogen and oxygen atoms in total. The molecule has 6 heteroatoms. The quantitative estimate of drug-likeness (QED) is 0.848. The van der Waals surface area contributed by atoms with Gasteiger partial charge in [-0.2, -0.15) is 0 Å². The van der Waals surface area contributed by atoms with Crippen molar-refractivity contribution < 1.29 is 13.2 Å². The van der Waals surface area contributed by atoms with Gasteiger partial charge < -0.3 is 5.32 Å². The highest BCUT2D eigenvalue weighted by molar-refractivity contribution is 7.88. The largest absolute Gasteiger partial charge is 0.353 e. The van der Waals surface area contributed by atoms with Gasteiger partial charge in [0.25, 0.3) is 0 Å². The van der Waals surface area contributed by atoms with Crippen LogP contribution in [0, 0.1) is 29.6 Å². The van der Waals surface area contributed by atoms with Gasteiger partial charge in [-0.1, -0.05) is 0 Å². The molecule has 0 radical (unpaired) electrons. The first-order chi connectivity index (χ1) is 10.9. The second-order valence-corrected chi connectivity index (χ2v) is 10.4. The molecule has 5 fully saturated rings. The molecule has 0 atom stereocenters. The SMILES string of the molecule is CS(=O)(=O)N1CCC(C(=O)NC2C3CC4CC(C3)CC2C4)CC1. The van der Waals surface area contributed by atoms with Crippen molar-refractivity contribution >= 4 is 15.9 Å². The molecule has 130 valence electrons. The first kappa shape index (κ1) is 15.9. The summed E-state index contributed by atoms with van der Waals surface area (Å²) >= 11 is 0. The fraction of sp³-hybridized carbons (Fsp3) is 0.941. The number of hydrogen-bond donors (Lipinski definition) is 1. The molecule has 0 aromatic heterocycles. The number of piperidine rings is 1. The zero-order valence-electron chi connectivity index (χ0n) is 13.9. The fourth-order valence-corrected chi connectivity index (χ4v) is 6.77. The van der Waals surface area contributed by atoms with Gasteiger partial charge in [-0.15, -0.1) is 0 Å². The van der Waals surface area contributed by atoms with Crippen LogP contribution in [0.15, 0.2) is 0 Å². The Kier molecular flexibility index (Phi) is 3.95. The molecule has 1 N–H and O–H groups in total. The van der Waals surface area contributed by atoms with Crippen LogP contribution in [0.3, 0.4) is 0 Å². The van der Waals surface area contributed by atoms with E-state index in [2.05, 4.69) is 5.32 Å². The van der Waals surface area contributed by atoms with Crippen LogP contribution < -0.4 is 5.32 Å². The smallest absolute Gasteiger partial charge is 0.223 e. The summed E-state index contributed by atoms with van der Waals surface area (Å²) in [4.78, 5) is 12.7. The maximum Gasteiger partial charge on any atom is 0.223 e. The lowest BCUT2D eigenvalue weighted by atomic mass is 9.54. The summed E-state index contributed by atoms with van der Waals surface area (Å²) in [7, 11) is -3.11. The molecule has 0 aromatic carbocycles. The Bertz CT molecular complexity index is 553. The molecular formula is C17H28N2O3S. The van der Waals surface area contributed by atoms with E-state index >= 15 is 0 Å². The van der Waals surface area contributed by atoms with E-state index in [9.17, 15) is 13.2 Å². The average Bonchev–Trinajstić information content (AvgIpc) is 2.49. The predicted molar refractivity (Wildman–Crippen MR) is 88.1 cm³/mol. The minimum atomic E-state index is -3.11. The van der Waals surface area contributed by atoms with Gasteiger partial charge in [0, 0.05) is 25.0 Å². The molecule has 0 unspecified atom stereocenters. The molecule has 1 heterocycles. The highest BCUT2D eigenvalue weighted by atomic mass is 32.2. The molecule has 1 saturated heterocycles. The van der Waals surface area contributed by atoms with Crippen LogP contribution in [-0.2, 0) is 14.8 Å². The lowest BCUT2D eigenvalue weighted by molar-refractivity contribution is -0.130. The molecule has 23 heavy (non-hydrogen) atoms. The molecule has 4 saturated carbocycles. The van der Waals surface area contributed by atoms with E-state index < -0.39 is 10.0 Å². The van der Waals surface area contributed by atoms with E-state index in [0.717, 1.165) is 11.8 Å². The van der Waals surface area contributed by atoms with Gasteiger partial charge >= 0.3 is 0 Å². The highest BCUT2D eigenvalue weighted by Gasteiger charge is 2.49. The Balaban J connectivity index is 1.34. The minimum absolute atomic E-state index is 0.00909. The monoisotopic (exact) mass is 340 g/mol. The van der Waals surface area contributed by atoms with Crippen LogP contribution in [0.1, 0.15) is 44.9 Å². The zero-order valence-corrected chi connectivity index (χ0v) is 14.7. The van der Waals surface area contributed by atoms with Gasteiger partial charge in [0.1, 0.15) is 0 Å². The third-order valence-electron chi connectivity index (χ3n) is 6.83. The van der Waals surface area contributed by atoms with Gasteiger partial charge in [0.15, 0.2) is 0 Å². The van der Waals surface area contributed by atoms with Crippen LogP contribution in [0.25, 0.3) is 0 Å². The maximum absolute atomic E-state index is 12.7. The first-order valence-electron chi connectivity index (χ1n) is 9.15. The number of rotatable bonds is 3. The molecule has 1 aliphatic heterocycles. The van der Waals surface area contributed by atoms with Crippen molar-refractivity contribution in [3.05, 3.63) is 0 Å². The molecule has 4 aliphatic carbocycles. The zero-order chi connectivity index (χ0) is 16.2. The van der Waals surface area contributed by atoms with Gasteiger partial charge in [-0.05, 0) is 68.6 Å². The standard InChI is InChI=1S/C17H28N2O3S/c1-23(21,22)19-4-2-13(3-5-19)17(20)18-16-14-7-11-6-12(9-14)10-15(16)8-11/h11-16H,2-10H2,1H3,(H,18,20). The van der Waals surface area contributed by atoms with E-state index in [0.29, 0.717) is 43.8 Å². The molecule has 4 bridgehead atoms. The van der Waals surface area contributed by atoms with Crippen molar-refractivity contribution in [3.63, 3.8) is 0 Å². The molecule has 0 aromatic rings. The molecule has 5 aliphatic rings.